The molecule has 0 amide bonds. The molecule has 5 rings (SSSR count). The van der Waals surface area contributed by atoms with Crippen LogP contribution in [-0.2, 0) is 0 Å². The minimum atomic E-state index is 0.826. The van der Waals surface area contributed by atoms with E-state index in [0.717, 1.165) is 38.9 Å². The molecule has 0 saturated carbocycles. The maximum absolute atomic E-state index is 5.42. The van der Waals surface area contributed by atoms with Gasteiger partial charge >= 0.3 is 0 Å². The van der Waals surface area contributed by atoms with Crippen LogP contribution in [-0.4, -0.2) is 21.5 Å². The van der Waals surface area contributed by atoms with Crippen molar-refractivity contribution in [2.24, 2.45) is 0 Å². The third kappa shape index (κ3) is 2.38. The van der Waals surface area contributed by atoms with Crippen molar-refractivity contribution < 1.29 is 4.74 Å². The molecule has 28 heavy (non-hydrogen) atoms. The zero-order chi connectivity index (χ0) is 19.4. The van der Waals surface area contributed by atoms with Gasteiger partial charge in [-0.2, -0.15) is 0 Å². The molecule has 0 bridgehead atoms. The van der Waals surface area contributed by atoms with Crippen LogP contribution in [0.15, 0.2) is 54.9 Å². The Morgan fingerprint density at radius 1 is 0.821 bits per heavy atom. The molecule has 4 nitrogen and oxygen atoms in total. The zero-order valence-corrected chi connectivity index (χ0v) is 16.4. The summed E-state index contributed by atoms with van der Waals surface area (Å²) in [6, 6.07) is 14.9. The van der Waals surface area contributed by atoms with Crippen molar-refractivity contribution in [3.8, 4) is 17.0 Å². The van der Waals surface area contributed by atoms with Gasteiger partial charge in [0.2, 0.25) is 0 Å². The first kappa shape index (κ1) is 16.8. The van der Waals surface area contributed by atoms with Crippen molar-refractivity contribution in [1.82, 2.24) is 14.4 Å². The van der Waals surface area contributed by atoms with E-state index in [1.807, 2.05) is 24.5 Å². The SMILES string of the molecule is COc1ccc2c(c1)c1nccn1c1nc(-c3c(C)cc(C)cc3C)ccc21. The maximum atomic E-state index is 5.42. The number of imidazole rings is 1. The average molecular weight is 367 g/mol. The molecule has 2 aromatic carbocycles. The van der Waals surface area contributed by atoms with E-state index < -0.39 is 0 Å². The Bertz CT molecular complexity index is 1360. The standard InChI is InChI=1S/C24H21N3O/c1-14-11-15(2)22(16(3)12-14)21-8-7-19-18-6-5-17(28-4)13-20(18)23-25-9-10-27(23)24(19)26-21/h5-13H,1-4H3. The summed E-state index contributed by atoms with van der Waals surface area (Å²) in [6.07, 6.45) is 3.80. The fourth-order valence-corrected chi connectivity index (χ4v) is 4.31. The van der Waals surface area contributed by atoms with Gasteiger partial charge < -0.3 is 4.74 Å². The van der Waals surface area contributed by atoms with E-state index in [1.54, 1.807) is 7.11 Å². The highest BCUT2D eigenvalue weighted by Crippen LogP contribution is 2.33. The Kier molecular flexibility index (Phi) is 3.63. The molecule has 5 aromatic rings. The second kappa shape index (κ2) is 6.06. The normalized spacial score (nSPS) is 11.6. The molecule has 0 spiro atoms. The molecule has 0 aliphatic carbocycles. The summed E-state index contributed by atoms with van der Waals surface area (Å²) in [5, 5.41) is 3.30. The highest BCUT2D eigenvalue weighted by Gasteiger charge is 2.14. The van der Waals surface area contributed by atoms with Gasteiger partial charge in [0.1, 0.15) is 17.0 Å². The second-order valence-corrected chi connectivity index (χ2v) is 7.37. The van der Waals surface area contributed by atoms with E-state index in [9.17, 15) is 0 Å². The van der Waals surface area contributed by atoms with E-state index in [-0.39, 0.29) is 0 Å². The highest BCUT2D eigenvalue weighted by molar-refractivity contribution is 6.11. The van der Waals surface area contributed by atoms with Crippen LogP contribution in [0.2, 0.25) is 0 Å². The molecule has 3 aromatic heterocycles. The number of benzene rings is 2. The topological polar surface area (TPSA) is 39.4 Å². The van der Waals surface area contributed by atoms with E-state index in [1.165, 1.54) is 22.3 Å². The quantitative estimate of drug-likeness (QED) is 0.379. The number of hydrogen-bond acceptors (Lipinski definition) is 3. The van der Waals surface area contributed by atoms with Gasteiger partial charge in [0.15, 0.2) is 0 Å². The molecule has 0 unspecified atom stereocenters. The molecule has 0 N–H and O–H groups in total. The molecular weight excluding hydrogens is 346 g/mol. The molecule has 0 saturated heterocycles. The Labute approximate surface area is 163 Å². The number of rotatable bonds is 2. The summed E-state index contributed by atoms with van der Waals surface area (Å²) in [5.74, 6) is 0.826. The Balaban J connectivity index is 1.88. The molecule has 138 valence electrons. The zero-order valence-electron chi connectivity index (χ0n) is 16.4. The number of fused-ring (bicyclic) bond motifs is 6. The third-order valence-electron chi connectivity index (χ3n) is 5.44. The Hall–Kier alpha value is -3.40. The third-order valence-corrected chi connectivity index (χ3v) is 5.44. The molecule has 0 atom stereocenters. The lowest BCUT2D eigenvalue weighted by Crippen LogP contribution is -1.97. The summed E-state index contributed by atoms with van der Waals surface area (Å²) in [6.45, 7) is 6.44. The van der Waals surface area contributed by atoms with E-state index in [0.29, 0.717) is 0 Å². The van der Waals surface area contributed by atoms with Crippen LogP contribution in [0, 0.1) is 20.8 Å². The van der Waals surface area contributed by atoms with Crippen LogP contribution < -0.4 is 4.74 Å². The minimum absolute atomic E-state index is 0.826. The van der Waals surface area contributed by atoms with Crippen molar-refractivity contribution in [2.45, 2.75) is 20.8 Å². The summed E-state index contributed by atoms with van der Waals surface area (Å²) >= 11 is 0. The minimum Gasteiger partial charge on any atom is -0.497 e. The first-order chi connectivity index (χ1) is 13.6. The van der Waals surface area contributed by atoms with E-state index in [2.05, 4.69) is 60.5 Å². The summed E-state index contributed by atoms with van der Waals surface area (Å²) in [7, 11) is 1.69. The first-order valence-electron chi connectivity index (χ1n) is 9.38. The lowest BCUT2D eigenvalue weighted by atomic mass is 9.96. The maximum Gasteiger partial charge on any atom is 0.146 e. The van der Waals surface area contributed by atoms with Crippen molar-refractivity contribution in [3.63, 3.8) is 0 Å². The van der Waals surface area contributed by atoms with E-state index in [4.69, 9.17) is 9.72 Å². The predicted molar refractivity (Wildman–Crippen MR) is 114 cm³/mol. The largest absolute Gasteiger partial charge is 0.497 e. The number of hydrogen-bond donors (Lipinski definition) is 0. The fourth-order valence-electron chi connectivity index (χ4n) is 4.31. The molecule has 0 radical (unpaired) electrons. The molecule has 0 aliphatic rings. The Morgan fingerprint density at radius 2 is 1.57 bits per heavy atom. The number of nitrogens with zero attached hydrogens (tertiary/aromatic N) is 3. The fraction of sp³-hybridized carbons (Fsp3) is 0.167. The van der Waals surface area contributed by atoms with Crippen LogP contribution in [0.1, 0.15) is 16.7 Å². The number of methoxy groups -OCH3 is 1. The van der Waals surface area contributed by atoms with Gasteiger partial charge in [-0.25, -0.2) is 9.97 Å². The van der Waals surface area contributed by atoms with Gasteiger partial charge in [-0.15, -0.1) is 0 Å². The van der Waals surface area contributed by atoms with Gasteiger partial charge in [0, 0.05) is 28.7 Å². The van der Waals surface area contributed by atoms with Crippen LogP contribution in [0.4, 0.5) is 0 Å². The monoisotopic (exact) mass is 367 g/mol. The smallest absolute Gasteiger partial charge is 0.146 e. The molecule has 3 heterocycles. The summed E-state index contributed by atoms with van der Waals surface area (Å²) in [4.78, 5) is 9.67. The molecular formula is C24H21N3O. The highest BCUT2D eigenvalue weighted by atomic mass is 16.5. The number of aryl methyl sites for hydroxylation is 3. The number of aromatic nitrogens is 3. The predicted octanol–water partition coefficient (Wildman–Crippen LogP) is 5.64. The lowest BCUT2D eigenvalue weighted by molar-refractivity contribution is 0.415. The Morgan fingerprint density at radius 3 is 2.32 bits per heavy atom. The average Bonchev–Trinajstić information content (AvgIpc) is 3.17. The van der Waals surface area contributed by atoms with Gasteiger partial charge in [-0.3, -0.25) is 4.40 Å². The van der Waals surface area contributed by atoms with Crippen molar-refractivity contribution >= 4 is 27.5 Å². The van der Waals surface area contributed by atoms with Crippen molar-refractivity contribution in [2.75, 3.05) is 7.11 Å². The van der Waals surface area contributed by atoms with Crippen LogP contribution >= 0.6 is 0 Å². The molecule has 4 heteroatoms. The first-order valence-corrected chi connectivity index (χ1v) is 9.38. The second-order valence-electron chi connectivity index (χ2n) is 7.37. The van der Waals surface area contributed by atoms with Gasteiger partial charge in [-0.1, -0.05) is 17.7 Å². The van der Waals surface area contributed by atoms with Crippen LogP contribution in [0.25, 0.3) is 38.7 Å². The summed E-state index contributed by atoms with van der Waals surface area (Å²) in [5.41, 5.74) is 7.77. The van der Waals surface area contributed by atoms with Crippen molar-refractivity contribution in [3.05, 3.63) is 71.5 Å². The van der Waals surface area contributed by atoms with E-state index >= 15 is 0 Å². The van der Waals surface area contributed by atoms with Crippen LogP contribution in [0.5, 0.6) is 5.75 Å². The number of pyridine rings is 2. The molecule has 0 aliphatic heterocycles. The lowest BCUT2D eigenvalue weighted by Gasteiger charge is -2.13. The van der Waals surface area contributed by atoms with Crippen LogP contribution in [0.3, 0.4) is 0 Å². The van der Waals surface area contributed by atoms with Gasteiger partial charge in [0.05, 0.1) is 12.8 Å². The van der Waals surface area contributed by atoms with Gasteiger partial charge in [0.25, 0.3) is 0 Å². The van der Waals surface area contributed by atoms with Crippen molar-refractivity contribution in [1.29, 1.82) is 0 Å². The van der Waals surface area contributed by atoms with Gasteiger partial charge in [-0.05, 0) is 67.6 Å². The summed E-state index contributed by atoms with van der Waals surface area (Å²) < 4.78 is 7.49. The number of ether oxygens (including phenoxy) is 1. The molecule has 0 fully saturated rings.